The van der Waals surface area contributed by atoms with Crippen molar-refractivity contribution in [2.45, 2.75) is 66.7 Å². The number of alkyl halides is 1. The zero-order valence-corrected chi connectivity index (χ0v) is 11.9. The van der Waals surface area contributed by atoms with Crippen LogP contribution in [0.25, 0.3) is 0 Å². The van der Waals surface area contributed by atoms with Gasteiger partial charge in [0.25, 0.3) is 0 Å². The summed E-state index contributed by atoms with van der Waals surface area (Å²) >= 11 is 0. The number of halogens is 1. The molecule has 2 unspecified atom stereocenters. The molecule has 0 rings (SSSR count). The van der Waals surface area contributed by atoms with Gasteiger partial charge in [0.2, 0.25) is 0 Å². The summed E-state index contributed by atoms with van der Waals surface area (Å²) < 4.78 is 12.6. The molecule has 0 nitrogen and oxygen atoms in total. The van der Waals surface area contributed by atoms with Gasteiger partial charge in [0.1, 0.15) is 0 Å². The Bertz CT molecular complexity index is 150. The molecule has 0 heterocycles. The van der Waals surface area contributed by atoms with Crippen LogP contribution in [0.3, 0.4) is 0 Å². The molecule has 0 saturated heterocycles. The Balaban J connectivity index is 4.11. The van der Waals surface area contributed by atoms with Crippen LogP contribution < -0.4 is 0 Å². The minimum absolute atomic E-state index is 0.148. The van der Waals surface area contributed by atoms with Crippen molar-refractivity contribution in [2.24, 2.45) is 23.7 Å². The molecule has 0 amide bonds. The van der Waals surface area contributed by atoms with E-state index >= 15 is 0 Å². The van der Waals surface area contributed by atoms with Crippen molar-refractivity contribution in [3.8, 4) is 0 Å². The summed E-state index contributed by atoms with van der Waals surface area (Å²) in [5.74, 6) is 2.77. The molecule has 98 valence electrons. The van der Waals surface area contributed by atoms with E-state index in [1.54, 1.807) is 0 Å². The molecular weight excluding hydrogens is 199 g/mol. The highest BCUT2D eigenvalue weighted by Gasteiger charge is 2.20. The molecule has 1 heteroatoms. The van der Waals surface area contributed by atoms with Crippen LogP contribution in [0.4, 0.5) is 4.39 Å². The molecule has 0 bridgehead atoms. The van der Waals surface area contributed by atoms with E-state index in [0.717, 1.165) is 12.3 Å². The first kappa shape index (κ1) is 15.9. The summed E-state index contributed by atoms with van der Waals surface area (Å²) in [6.07, 6.45) is 5.81. The Labute approximate surface area is 102 Å². The zero-order valence-electron chi connectivity index (χ0n) is 11.9. The van der Waals surface area contributed by atoms with Crippen LogP contribution in [0.1, 0.15) is 66.7 Å². The highest BCUT2D eigenvalue weighted by atomic mass is 19.1. The third-order valence-electron chi connectivity index (χ3n) is 4.38. The van der Waals surface area contributed by atoms with Gasteiger partial charge in [0.15, 0.2) is 0 Å². The van der Waals surface area contributed by atoms with Crippen LogP contribution in [0.15, 0.2) is 0 Å². The van der Waals surface area contributed by atoms with Crippen molar-refractivity contribution >= 4 is 0 Å². The van der Waals surface area contributed by atoms with Gasteiger partial charge in [-0.15, -0.1) is 0 Å². The fraction of sp³-hybridized carbons (Fsp3) is 1.00. The van der Waals surface area contributed by atoms with E-state index < -0.39 is 0 Å². The van der Waals surface area contributed by atoms with Gasteiger partial charge in [-0.05, 0) is 36.5 Å². The summed E-state index contributed by atoms with van der Waals surface area (Å²) in [5.41, 5.74) is 0. The smallest absolute Gasteiger partial charge is 0.0897 e. The average Bonchev–Trinajstić information content (AvgIpc) is 2.27. The summed E-state index contributed by atoms with van der Waals surface area (Å²) in [7, 11) is 0. The van der Waals surface area contributed by atoms with Gasteiger partial charge in [0.05, 0.1) is 6.67 Å². The van der Waals surface area contributed by atoms with Crippen LogP contribution in [-0.2, 0) is 0 Å². The third-order valence-corrected chi connectivity index (χ3v) is 4.38. The Morgan fingerprint density at radius 2 is 1.44 bits per heavy atom. The molecule has 0 saturated carbocycles. The maximum absolute atomic E-state index is 12.6. The molecule has 0 aromatic carbocycles. The van der Waals surface area contributed by atoms with E-state index in [2.05, 4.69) is 34.6 Å². The Morgan fingerprint density at radius 1 is 0.875 bits per heavy atom. The number of hydrogen-bond donors (Lipinski definition) is 0. The fourth-order valence-corrected chi connectivity index (χ4v) is 2.50. The van der Waals surface area contributed by atoms with Crippen LogP contribution in [-0.4, -0.2) is 6.67 Å². The van der Waals surface area contributed by atoms with E-state index in [1.165, 1.54) is 25.7 Å². The van der Waals surface area contributed by atoms with Crippen molar-refractivity contribution < 1.29 is 4.39 Å². The van der Waals surface area contributed by atoms with Crippen molar-refractivity contribution in [3.63, 3.8) is 0 Å². The lowest BCUT2D eigenvalue weighted by molar-refractivity contribution is 0.214. The molecule has 0 spiro atoms. The predicted molar refractivity (Wildman–Crippen MR) is 71.4 cm³/mol. The summed E-state index contributed by atoms with van der Waals surface area (Å²) in [6, 6.07) is 0. The second-order valence-electron chi connectivity index (χ2n) is 5.60. The van der Waals surface area contributed by atoms with Gasteiger partial charge in [0, 0.05) is 0 Å². The molecule has 16 heavy (non-hydrogen) atoms. The molecule has 0 aliphatic rings. The quantitative estimate of drug-likeness (QED) is 0.492. The lowest BCUT2D eigenvalue weighted by Crippen LogP contribution is -2.19. The van der Waals surface area contributed by atoms with Gasteiger partial charge in [-0.2, -0.15) is 0 Å². The zero-order chi connectivity index (χ0) is 12.6. The SMILES string of the molecule is CCC(CC)CCC(CCF)C(C)C(C)C. The first-order valence-corrected chi connectivity index (χ1v) is 7.12. The maximum atomic E-state index is 12.6. The molecule has 0 aliphatic heterocycles. The van der Waals surface area contributed by atoms with Gasteiger partial charge in [-0.1, -0.05) is 53.9 Å². The summed E-state index contributed by atoms with van der Waals surface area (Å²) in [5, 5.41) is 0. The lowest BCUT2D eigenvalue weighted by atomic mass is 9.79. The first-order chi connectivity index (χ1) is 7.56. The standard InChI is InChI=1S/C15H31F/c1-6-14(7-2)8-9-15(10-11-16)13(5)12(3)4/h12-15H,6-11H2,1-5H3. The van der Waals surface area contributed by atoms with Crippen LogP contribution in [0.5, 0.6) is 0 Å². The number of rotatable bonds is 9. The van der Waals surface area contributed by atoms with Crippen LogP contribution in [0.2, 0.25) is 0 Å². The van der Waals surface area contributed by atoms with Crippen molar-refractivity contribution in [2.75, 3.05) is 6.67 Å². The fourth-order valence-electron chi connectivity index (χ4n) is 2.50. The van der Waals surface area contributed by atoms with E-state index in [4.69, 9.17) is 0 Å². The molecule has 0 N–H and O–H groups in total. The minimum atomic E-state index is -0.148. The van der Waals surface area contributed by atoms with Crippen LogP contribution >= 0.6 is 0 Å². The van der Waals surface area contributed by atoms with Crippen LogP contribution in [0, 0.1) is 23.7 Å². The second kappa shape index (κ2) is 9.01. The molecular formula is C15H31F. The van der Waals surface area contributed by atoms with Gasteiger partial charge < -0.3 is 0 Å². The van der Waals surface area contributed by atoms with E-state index in [-0.39, 0.29) is 6.67 Å². The highest BCUT2D eigenvalue weighted by Crippen LogP contribution is 2.30. The monoisotopic (exact) mass is 230 g/mol. The highest BCUT2D eigenvalue weighted by molar-refractivity contribution is 4.71. The largest absolute Gasteiger partial charge is 0.251 e. The first-order valence-electron chi connectivity index (χ1n) is 7.12. The molecule has 0 aromatic rings. The van der Waals surface area contributed by atoms with Gasteiger partial charge >= 0.3 is 0 Å². The molecule has 0 aromatic heterocycles. The van der Waals surface area contributed by atoms with E-state index in [9.17, 15) is 4.39 Å². The Hall–Kier alpha value is -0.0700. The normalized spacial score (nSPS) is 15.8. The average molecular weight is 230 g/mol. The number of hydrogen-bond acceptors (Lipinski definition) is 0. The van der Waals surface area contributed by atoms with E-state index in [1.807, 2.05) is 0 Å². The van der Waals surface area contributed by atoms with E-state index in [0.29, 0.717) is 17.8 Å². The van der Waals surface area contributed by atoms with Gasteiger partial charge in [-0.25, -0.2) is 0 Å². The van der Waals surface area contributed by atoms with Gasteiger partial charge in [-0.3, -0.25) is 4.39 Å². The summed E-state index contributed by atoms with van der Waals surface area (Å²) in [6.45, 7) is 11.2. The Morgan fingerprint density at radius 3 is 1.81 bits per heavy atom. The lowest BCUT2D eigenvalue weighted by Gasteiger charge is -2.27. The molecule has 0 fully saturated rings. The topological polar surface area (TPSA) is 0 Å². The predicted octanol–water partition coefficient (Wildman–Crippen LogP) is 5.47. The second-order valence-corrected chi connectivity index (χ2v) is 5.60. The van der Waals surface area contributed by atoms with Crippen molar-refractivity contribution in [1.82, 2.24) is 0 Å². The Kier molecular flexibility index (Phi) is 8.97. The van der Waals surface area contributed by atoms with Crippen molar-refractivity contribution in [1.29, 1.82) is 0 Å². The minimum Gasteiger partial charge on any atom is -0.251 e. The molecule has 0 aliphatic carbocycles. The molecule has 2 atom stereocenters. The third kappa shape index (κ3) is 5.86. The molecule has 0 radical (unpaired) electrons. The maximum Gasteiger partial charge on any atom is 0.0897 e. The van der Waals surface area contributed by atoms with Crippen molar-refractivity contribution in [3.05, 3.63) is 0 Å². The summed E-state index contributed by atoms with van der Waals surface area (Å²) in [4.78, 5) is 0.